The summed E-state index contributed by atoms with van der Waals surface area (Å²) in [6.07, 6.45) is 1.59. The molecule has 1 heterocycles. The van der Waals surface area contributed by atoms with E-state index in [0.29, 0.717) is 22.4 Å². The van der Waals surface area contributed by atoms with Crippen LogP contribution in [0, 0.1) is 5.82 Å². The summed E-state index contributed by atoms with van der Waals surface area (Å²) in [5.41, 5.74) is 6.15. The van der Waals surface area contributed by atoms with E-state index in [2.05, 4.69) is 4.98 Å². The molecule has 16 heavy (non-hydrogen) atoms. The monoisotopic (exact) mass is 237 g/mol. The lowest BCUT2D eigenvalue weighted by Gasteiger charge is -2.20. The fraction of sp³-hybridized carbons (Fsp3) is 0.182. The van der Waals surface area contributed by atoms with E-state index in [0.717, 1.165) is 0 Å². The molecule has 1 aromatic heterocycles. The average Bonchev–Trinajstić information content (AvgIpc) is 2.69. The minimum Gasteiger partial charge on any atom is -0.389 e. The van der Waals surface area contributed by atoms with Crippen molar-refractivity contribution in [3.8, 4) is 0 Å². The van der Waals surface area contributed by atoms with E-state index < -0.39 is 0 Å². The minimum atomic E-state index is -0.252. The standard InChI is InChI=1S/C11H12FN3S/c1-2-15(11-14-7-10(13)16-11)9-6-4-3-5-8(9)12/h3-7H,2,13H2,1H3. The predicted molar refractivity (Wildman–Crippen MR) is 65.6 cm³/mol. The van der Waals surface area contributed by atoms with E-state index in [1.165, 1.54) is 17.4 Å². The van der Waals surface area contributed by atoms with Crippen LogP contribution in [0.2, 0.25) is 0 Å². The highest BCUT2D eigenvalue weighted by Gasteiger charge is 2.14. The summed E-state index contributed by atoms with van der Waals surface area (Å²) in [7, 11) is 0. The molecule has 3 nitrogen and oxygen atoms in total. The molecule has 0 spiro atoms. The molecule has 84 valence electrons. The molecule has 0 bridgehead atoms. The highest BCUT2D eigenvalue weighted by atomic mass is 32.1. The first-order valence-electron chi connectivity index (χ1n) is 4.95. The molecule has 2 aromatic rings. The predicted octanol–water partition coefficient (Wildman–Crippen LogP) is 3.02. The second kappa shape index (κ2) is 4.49. The van der Waals surface area contributed by atoms with Crippen molar-refractivity contribution >= 4 is 27.2 Å². The summed E-state index contributed by atoms with van der Waals surface area (Å²) in [6.45, 7) is 2.60. The maximum absolute atomic E-state index is 13.6. The summed E-state index contributed by atoms with van der Waals surface area (Å²) in [5, 5.41) is 1.34. The minimum absolute atomic E-state index is 0.252. The Morgan fingerprint density at radius 2 is 2.19 bits per heavy atom. The van der Waals surface area contributed by atoms with Gasteiger partial charge in [-0.05, 0) is 19.1 Å². The summed E-state index contributed by atoms with van der Waals surface area (Å²) in [6, 6.07) is 6.65. The lowest BCUT2D eigenvalue weighted by Crippen LogP contribution is -2.16. The molecule has 2 N–H and O–H groups in total. The van der Waals surface area contributed by atoms with Crippen molar-refractivity contribution < 1.29 is 4.39 Å². The zero-order valence-electron chi connectivity index (χ0n) is 8.85. The number of aromatic nitrogens is 1. The smallest absolute Gasteiger partial charge is 0.191 e. The Hall–Kier alpha value is -1.62. The van der Waals surface area contributed by atoms with Gasteiger partial charge in [0.25, 0.3) is 0 Å². The molecule has 0 amide bonds. The highest BCUT2D eigenvalue weighted by molar-refractivity contribution is 7.19. The second-order valence-corrected chi connectivity index (χ2v) is 4.28. The van der Waals surface area contributed by atoms with E-state index >= 15 is 0 Å². The Balaban J connectivity index is 2.40. The van der Waals surface area contributed by atoms with Gasteiger partial charge in [0.1, 0.15) is 10.8 Å². The fourth-order valence-corrected chi connectivity index (χ4v) is 2.24. The van der Waals surface area contributed by atoms with Crippen LogP contribution < -0.4 is 10.6 Å². The number of nitrogens with two attached hydrogens (primary N) is 1. The number of nitrogen functional groups attached to an aromatic ring is 1. The topological polar surface area (TPSA) is 42.2 Å². The second-order valence-electron chi connectivity index (χ2n) is 3.24. The first kappa shape index (κ1) is 10.9. The zero-order chi connectivity index (χ0) is 11.5. The van der Waals surface area contributed by atoms with E-state index in [4.69, 9.17) is 5.73 Å². The fourth-order valence-electron chi connectivity index (χ4n) is 1.48. The van der Waals surface area contributed by atoms with Crippen molar-refractivity contribution in [2.24, 2.45) is 0 Å². The highest BCUT2D eigenvalue weighted by Crippen LogP contribution is 2.31. The van der Waals surface area contributed by atoms with Crippen molar-refractivity contribution in [2.45, 2.75) is 6.92 Å². The van der Waals surface area contributed by atoms with Gasteiger partial charge in [-0.25, -0.2) is 9.37 Å². The molecule has 0 saturated heterocycles. The Kier molecular flexibility index (Phi) is 3.05. The third kappa shape index (κ3) is 1.99. The number of hydrogen-bond acceptors (Lipinski definition) is 4. The molecule has 0 saturated carbocycles. The van der Waals surface area contributed by atoms with Crippen molar-refractivity contribution in [2.75, 3.05) is 17.2 Å². The number of halogens is 1. The Labute approximate surface area is 97.3 Å². The van der Waals surface area contributed by atoms with Crippen molar-refractivity contribution in [1.82, 2.24) is 4.98 Å². The van der Waals surface area contributed by atoms with Crippen LogP contribution in [0.3, 0.4) is 0 Å². The number of anilines is 3. The van der Waals surface area contributed by atoms with Gasteiger partial charge in [-0.15, -0.1) is 0 Å². The molecule has 0 aliphatic carbocycles. The van der Waals surface area contributed by atoms with Gasteiger partial charge in [0, 0.05) is 6.54 Å². The lowest BCUT2D eigenvalue weighted by molar-refractivity contribution is 0.625. The molecule has 0 radical (unpaired) electrons. The van der Waals surface area contributed by atoms with Crippen LogP contribution in [0.4, 0.5) is 20.2 Å². The first-order chi connectivity index (χ1) is 7.72. The molecule has 0 fully saturated rings. The maximum Gasteiger partial charge on any atom is 0.191 e. The summed E-state index contributed by atoms with van der Waals surface area (Å²) < 4.78 is 13.6. The molecule has 0 atom stereocenters. The lowest BCUT2D eigenvalue weighted by atomic mass is 10.3. The number of rotatable bonds is 3. The van der Waals surface area contributed by atoms with E-state index in [-0.39, 0.29) is 5.82 Å². The van der Waals surface area contributed by atoms with Crippen molar-refractivity contribution in [3.05, 3.63) is 36.3 Å². The molecule has 0 aliphatic rings. The van der Waals surface area contributed by atoms with Crippen molar-refractivity contribution in [1.29, 1.82) is 0 Å². The third-order valence-corrected chi connectivity index (χ3v) is 3.05. The molecular weight excluding hydrogens is 225 g/mol. The molecule has 0 aliphatic heterocycles. The quantitative estimate of drug-likeness (QED) is 0.892. The summed E-state index contributed by atoms with van der Waals surface area (Å²) in [5.74, 6) is -0.252. The molecule has 5 heteroatoms. The first-order valence-corrected chi connectivity index (χ1v) is 5.77. The Morgan fingerprint density at radius 1 is 1.44 bits per heavy atom. The normalized spacial score (nSPS) is 10.4. The van der Waals surface area contributed by atoms with Crippen LogP contribution in [0.5, 0.6) is 0 Å². The van der Waals surface area contributed by atoms with Gasteiger partial charge in [-0.1, -0.05) is 23.5 Å². The van der Waals surface area contributed by atoms with E-state index in [1.54, 1.807) is 29.3 Å². The molecule has 1 aromatic carbocycles. The SMILES string of the molecule is CCN(c1ncc(N)s1)c1ccccc1F. The van der Waals surface area contributed by atoms with Crippen LogP contribution in [0.1, 0.15) is 6.92 Å². The van der Waals surface area contributed by atoms with Gasteiger partial charge in [-0.3, -0.25) is 0 Å². The van der Waals surface area contributed by atoms with Gasteiger partial charge in [0.15, 0.2) is 5.13 Å². The number of para-hydroxylation sites is 1. The summed E-state index contributed by atoms with van der Waals surface area (Å²) >= 11 is 1.35. The van der Waals surface area contributed by atoms with Crippen LogP contribution >= 0.6 is 11.3 Å². The van der Waals surface area contributed by atoms with Gasteiger partial charge < -0.3 is 10.6 Å². The maximum atomic E-state index is 13.6. The average molecular weight is 237 g/mol. The third-order valence-electron chi connectivity index (χ3n) is 2.20. The van der Waals surface area contributed by atoms with Gasteiger partial charge in [-0.2, -0.15) is 0 Å². The Morgan fingerprint density at radius 3 is 2.75 bits per heavy atom. The van der Waals surface area contributed by atoms with Gasteiger partial charge >= 0.3 is 0 Å². The van der Waals surface area contributed by atoms with Crippen LogP contribution in [-0.4, -0.2) is 11.5 Å². The van der Waals surface area contributed by atoms with Crippen LogP contribution in [-0.2, 0) is 0 Å². The Bertz CT molecular complexity index is 484. The number of hydrogen-bond donors (Lipinski definition) is 1. The van der Waals surface area contributed by atoms with Crippen LogP contribution in [0.15, 0.2) is 30.5 Å². The number of nitrogens with zero attached hydrogens (tertiary/aromatic N) is 2. The van der Waals surface area contributed by atoms with Gasteiger partial charge in [0.05, 0.1) is 11.9 Å². The van der Waals surface area contributed by atoms with Crippen molar-refractivity contribution in [3.63, 3.8) is 0 Å². The van der Waals surface area contributed by atoms with E-state index in [1.807, 2.05) is 6.92 Å². The molecular formula is C11H12FN3S. The van der Waals surface area contributed by atoms with E-state index in [9.17, 15) is 4.39 Å². The zero-order valence-corrected chi connectivity index (χ0v) is 9.67. The largest absolute Gasteiger partial charge is 0.389 e. The number of benzene rings is 1. The molecule has 2 rings (SSSR count). The molecule has 0 unspecified atom stereocenters. The van der Waals surface area contributed by atoms with Gasteiger partial charge in [0.2, 0.25) is 0 Å². The number of thiazole rings is 1. The summed E-state index contributed by atoms with van der Waals surface area (Å²) in [4.78, 5) is 5.96. The van der Waals surface area contributed by atoms with Crippen LogP contribution in [0.25, 0.3) is 0 Å².